The van der Waals surface area contributed by atoms with Gasteiger partial charge in [-0.2, -0.15) is 0 Å². The fourth-order valence-electron chi connectivity index (χ4n) is 0.987. The third-order valence-corrected chi connectivity index (χ3v) is 1.33. The van der Waals surface area contributed by atoms with Gasteiger partial charge < -0.3 is 5.11 Å². The zero-order chi connectivity index (χ0) is 8.36. The molecule has 0 spiro atoms. The van der Waals surface area contributed by atoms with Crippen LogP contribution in [0.1, 0.15) is 27.7 Å². The Hall–Kier alpha value is -0.630. The van der Waals surface area contributed by atoms with Gasteiger partial charge in [-0.1, -0.05) is 6.08 Å². The van der Waals surface area contributed by atoms with E-state index in [-0.39, 0.29) is 5.78 Å². The minimum absolute atomic E-state index is 0.0741. The maximum Gasteiger partial charge on any atom is 0.158 e. The van der Waals surface area contributed by atoms with Crippen molar-refractivity contribution in [3.05, 3.63) is 11.6 Å². The second kappa shape index (κ2) is 2.97. The van der Waals surface area contributed by atoms with E-state index >= 15 is 0 Å². The molecule has 0 aliphatic rings. The molecule has 0 amide bonds. The van der Waals surface area contributed by atoms with Crippen LogP contribution in [0.5, 0.6) is 0 Å². The molecule has 58 valence electrons. The largest absolute Gasteiger partial charge is 0.386 e. The summed E-state index contributed by atoms with van der Waals surface area (Å²) < 4.78 is 0. The number of allylic oxidation sites excluding steroid dienone is 1. The smallest absolute Gasteiger partial charge is 0.158 e. The Labute approximate surface area is 61.6 Å². The van der Waals surface area contributed by atoms with Gasteiger partial charge in [-0.15, -0.1) is 0 Å². The van der Waals surface area contributed by atoms with Crippen LogP contribution in [0.2, 0.25) is 0 Å². The lowest BCUT2D eigenvalue weighted by atomic mass is 9.95. The summed E-state index contributed by atoms with van der Waals surface area (Å²) in [4.78, 5) is 10.8. The number of hydrogen-bond donors (Lipinski definition) is 1. The van der Waals surface area contributed by atoms with Gasteiger partial charge in [-0.25, -0.2) is 0 Å². The third kappa shape index (κ3) is 2.31. The average Bonchev–Trinajstić information content (AvgIpc) is 1.60. The van der Waals surface area contributed by atoms with Crippen LogP contribution in [0.15, 0.2) is 11.6 Å². The third-order valence-electron chi connectivity index (χ3n) is 1.33. The van der Waals surface area contributed by atoms with Gasteiger partial charge in [0.05, 0.1) is 5.60 Å². The summed E-state index contributed by atoms with van der Waals surface area (Å²) in [6, 6.07) is 0. The van der Waals surface area contributed by atoms with Crippen molar-refractivity contribution < 1.29 is 9.90 Å². The molecule has 1 N–H and O–H groups in total. The van der Waals surface area contributed by atoms with Crippen molar-refractivity contribution in [3.8, 4) is 0 Å². The number of aliphatic hydroxyl groups is 1. The zero-order valence-electron chi connectivity index (χ0n) is 6.93. The van der Waals surface area contributed by atoms with Crippen molar-refractivity contribution in [3.63, 3.8) is 0 Å². The highest BCUT2D eigenvalue weighted by Gasteiger charge is 2.21. The van der Waals surface area contributed by atoms with Gasteiger partial charge in [0.15, 0.2) is 5.78 Å². The predicted octanol–water partition coefficient (Wildman–Crippen LogP) is 1.29. The SMILES string of the molecule is C/C=C(/C(C)=O)C(C)(C)O. The van der Waals surface area contributed by atoms with Gasteiger partial charge in [0.1, 0.15) is 0 Å². The van der Waals surface area contributed by atoms with E-state index in [4.69, 9.17) is 0 Å². The molecule has 0 aromatic heterocycles. The maximum atomic E-state index is 10.8. The molecular weight excluding hydrogens is 128 g/mol. The summed E-state index contributed by atoms with van der Waals surface area (Å²) in [6.45, 7) is 6.40. The number of carbonyl (C=O) groups is 1. The lowest BCUT2D eigenvalue weighted by Gasteiger charge is -2.18. The number of ketones is 1. The second-order valence-electron chi connectivity index (χ2n) is 2.82. The van der Waals surface area contributed by atoms with Gasteiger partial charge >= 0.3 is 0 Å². The summed E-state index contributed by atoms with van der Waals surface area (Å²) in [7, 11) is 0. The standard InChI is InChI=1S/C8H14O2/c1-5-7(6(2)9)8(3,4)10/h5,10H,1-4H3/b7-5-. The molecule has 0 radical (unpaired) electrons. The lowest BCUT2D eigenvalue weighted by Crippen LogP contribution is -2.26. The number of carbonyl (C=O) groups excluding carboxylic acids is 1. The number of rotatable bonds is 2. The summed E-state index contributed by atoms with van der Waals surface area (Å²) in [6.07, 6.45) is 1.64. The van der Waals surface area contributed by atoms with Crippen LogP contribution in [0, 0.1) is 0 Å². The van der Waals surface area contributed by atoms with Crippen molar-refractivity contribution in [1.82, 2.24) is 0 Å². The van der Waals surface area contributed by atoms with Crippen LogP contribution >= 0.6 is 0 Å². The zero-order valence-corrected chi connectivity index (χ0v) is 6.93. The van der Waals surface area contributed by atoms with E-state index in [2.05, 4.69) is 0 Å². The van der Waals surface area contributed by atoms with Gasteiger partial charge in [0, 0.05) is 5.57 Å². The molecule has 0 heterocycles. The quantitative estimate of drug-likeness (QED) is 0.590. The van der Waals surface area contributed by atoms with Crippen molar-refractivity contribution in [2.45, 2.75) is 33.3 Å². The van der Waals surface area contributed by atoms with Crippen molar-refractivity contribution in [2.24, 2.45) is 0 Å². The van der Waals surface area contributed by atoms with E-state index in [1.54, 1.807) is 26.8 Å². The molecule has 0 bridgehead atoms. The number of Topliss-reactive ketones (excluding diaryl/α,β-unsaturated/α-hetero) is 1. The first-order chi connectivity index (χ1) is 4.39. The Bertz CT molecular complexity index is 161. The van der Waals surface area contributed by atoms with E-state index in [1.807, 2.05) is 0 Å². The highest BCUT2D eigenvalue weighted by atomic mass is 16.3. The molecule has 0 aliphatic carbocycles. The van der Waals surface area contributed by atoms with E-state index < -0.39 is 5.60 Å². The molecule has 2 nitrogen and oxygen atoms in total. The van der Waals surface area contributed by atoms with E-state index in [9.17, 15) is 9.90 Å². The minimum atomic E-state index is -0.999. The maximum absolute atomic E-state index is 10.8. The molecule has 0 aromatic carbocycles. The van der Waals surface area contributed by atoms with Crippen molar-refractivity contribution >= 4 is 5.78 Å². The fourth-order valence-corrected chi connectivity index (χ4v) is 0.987. The molecule has 0 rings (SSSR count). The Morgan fingerprint density at radius 3 is 1.90 bits per heavy atom. The normalized spacial score (nSPS) is 13.5. The number of hydrogen-bond acceptors (Lipinski definition) is 2. The Kier molecular flexibility index (Phi) is 2.78. The first kappa shape index (κ1) is 9.37. The molecule has 0 aromatic rings. The molecule has 0 fully saturated rings. The van der Waals surface area contributed by atoms with Crippen LogP contribution in [-0.4, -0.2) is 16.5 Å². The van der Waals surface area contributed by atoms with Crippen LogP contribution < -0.4 is 0 Å². The van der Waals surface area contributed by atoms with Crippen LogP contribution in [0.4, 0.5) is 0 Å². The Morgan fingerprint density at radius 2 is 1.90 bits per heavy atom. The summed E-state index contributed by atoms with van der Waals surface area (Å²) in [5.41, 5.74) is -0.534. The van der Waals surface area contributed by atoms with Crippen molar-refractivity contribution in [2.75, 3.05) is 0 Å². The van der Waals surface area contributed by atoms with Crippen molar-refractivity contribution in [1.29, 1.82) is 0 Å². The average molecular weight is 142 g/mol. The van der Waals surface area contributed by atoms with E-state index in [1.165, 1.54) is 6.92 Å². The van der Waals surface area contributed by atoms with E-state index in [0.717, 1.165) is 0 Å². The monoisotopic (exact) mass is 142 g/mol. The molecule has 0 atom stereocenters. The highest BCUT2D eigenvalue weighted by Crippen LogP contribution is 2.15. The van der Waals surface area contributed by atoms with Crippen LogP contribution in [0.25, 0.3) is 0 Å². The molecular formula is C8H14O2. The molecule has 0 saturated heterocycles. The van der Waals surface area contributed by atoms with Gasteiger partial charge in [-0.05, 0) is 27.7 Å². The fraction of sp³-hybridized carbons (Fsp3) is 0.625. The first-order valence-electron chi connectivity index (χ1n) is 3.29. The summed E-state index contributed by atoms with van der Waals surface area (Å²) in [5, 5.41) is 9.36. The molecule has 0 saturated carbocycles. The Morgan fingerprint density at radius 1 is 1.50 bits per heavy atom. The molecule has 0 aliphatic heterocycles. The molecule has 2 heteroatoms. The van der Waals surface area contributed by atoms with Gasteiger partial charge in [0.2, 0.25) is 0 Å². The highest BCUT2D eigenvalue weighted by molar-refractivity contribution is 5.94. The van der Waals surface area contributed by atoms with Crippen LogP contribution in [0.3, 0.4) is 0 Å². The van der Waals surface area contributed by atoms with Gasteiger partial charge in [-0.3, -0.25) is 4.79 Å². The van der Waals surface area contributed by atoms with E-state index in [0.29, 0.717) is 5.57 Å². The van der Waals surface area contributed by atoms with Crippen LogP contribution in [-0.2, 0) is 4.79 Å². The first-order valence-corrected chi connectivity index (χ1v) is 3.29. The van der Waals surface area contributed by atoms with Gasteiger partial charge in [0.25, 0.3) is 0 Å². The summed E-state index contributed by atoms with van der Waals surface area (Å²) >= 11 is 0. The Balaban J connectivity index is 4.56. The second-order valence-corrected chi connectivity index (χ2v) is 2.82. The molecule has 0 unspecified atom stereocenters. The predicted molar refractivity (Wildman–Crippen MR) is 40.7 cm³/mol. The topological polar surface area (TPSA) is 37.3 Å². The molecule has 10 heavy (non-hydrogen) atoms. The summed E-state index contributed by atoms with van der Waals surface area (Å²) in [5.74, 6) is -0.0741. The lowest BCUT2D eigenvalue weighted by molar-refractivity contribution is -0.115. The minimum Gasteiger partial charge on any atom is -0.386 e.